The number of unbranched alkanes of at least 4 members (excludes halogenated alkanes) is 1. The van der Waals surface area contributed by atoms with Crippen LogP contribution in [0.1, 0.15) is 48.3 Å². The van der Waals surface area contributed by atoms with E-state index < -0.39 is 0 Å². The first-order valence-corrected chi connectivity index (χ1v) is 12.4. The van der Waals surface area contributed by atoms with Crippen LogP contribution in [0.4, 0.5) is 0 Å². The van der Waals surface area contributed by atoms with E-state index in [1.54, 1.807) is 0 Å². The number of carbonyl (C=O) groups excluding carboxylic acids is 2. The Bertz CT molecular complexity index is 990. The lowest BCUT2D eigenvalue weighted by molar-refractivity contribution is -0.139. The molecular weight excluding hydrogens is 420 g/mol. The summed E-state index contributed by atoms with van der Waals surface area (Å²) in [6.07, 6.45) is 3.94. The molecule has 4 heteroatoms. The number of hydrogen-bond acceptors (Lipinski definition) is 2. The van der Waals surface area contributed by atoms with Crippen LogP contribution in [0.2, 0.25) is 0 Å². The van der Waals surface area contributed by atoms with Gasteiger partial charge in [0, 0.05) is 38.5 Å². The van der Waals surface area contributed by atoms with Crippen LogP contribution in [-0.4, -0.2) is 47.8 Å². The average Bonchev–Trinajstić information content (AvgIpc) is 2.90. The highest BCUT2D eigenvalue weighted by Crippen LogP contribution is 2.29. The molecule has 0 radical (unpaired) electrons. The number of rotatable bonds is 9. The third kappa shape index (κ3) is 6.57. The van der Waals surface area contributed by atoms with Crippen molar-refractivity contribution >= 4 is 11.8 Å². The van der Waals surface area contributed by atoms with Crippen molar-refractivity contribution in [3.8, 4) is 0 Å². The molecule has 1 aliphatic heterocycles. The van der Waals surface area contributed by atoms with E-state index in [1.165, 1.54) is 11.1 Å². The summed E-state index contributed by atoms with van der Waals surface area (Å²) < 4.78 is 0. The van der Waals surface area contributed by atoms with Crippen LogP contribution in [0.5, 0.6) is 0 Å². The van der Waals surface area contributed by atoms with Gasteiger partial charge in [0.05, 0.1) is 6.42 Å². The van der Waals surface area contributed by atoms with Crippen LogP contribution < -0.4 is 0 Å². The minimum absolute atomic E-state index is 0.145. The van der Waals surface area contributed by atoms with Crippen molar-refractivity contribution < 1.29 is 9.59 Å². The molecule has 0 unspecified atom stereocenters. The summed E-state index contributed by atoms with van der Waals surface area (Å²) in [5.41, 5.74) is 3.70. The molecule has 1 heterocycles. The zero-order valence-corrected chi connectivity index (χ0v) is 19.8. The van der Waals surface area contributed by atoms with Crippen LogP contribution >= 0.6 is 0 Å². The predicted octanol–water partition coefficient (Wildman–Crippen LogP) is 5.29. The number of nitrogens with zero attached hydrogens (tertiary/aromatic N) is 2. The largest absolute Gasteiger partial charge is 0.339 e. The van der Waals surface area contributed by atoms with Gasteiger partial charge in [0.2, 0.25) is 11.8 Å². The molecule has 0 atom stereocenters. The van der Waals surface area contributed by atoms with E-state index in [2.05, 4.69) is 60.7 Å². The Morgan fingerprint density at radius 1 is 0.618 bits per heavy atom. The van der Waals surface area contributed by atoms with E-state index in [4.69, 9.17) is 0 Å². The van der Waals surface area contributed by atoms with E-state index in [0.29, 0.717) is 44.9 Å². The van der Waals surface area contributed by atoms with Gasteiger partial charge in [-0.25, -0.2) is 0 Å². The van der Waals surface area contributed by atoms with Gasteiger partial charge in [-0.05, 0) is 29.5 Å². The van der Waals surface area contributed by atoms with Gasteiger partial charge in [-0.15, -0.1) is 0 Å². The zero-order chi connectivity index (χ0) is 23.6. The van der Waals surface area contributed by atoms with E-state index in [0.717, 1.165) is 24.8 Å². The molecule has 2 amide bonds. The lowest BCUT2D eigenvalue weighted by Crippen LogP contribution is -2.50. The molecule has 4 rings (SSSR count). The fourth-order valence-electron chi connectivity index (χ4n) is 4.77. The fraction of sp³-hybridized carbons (Fsp3) is 0.333. The Labute approximate surface area is 203 Å². The first-order valence-electron chi connectivity index (χ1n) is 12.4. The third-order valence-electron chi connectivity index (χ3n) is 6.72. The smallest absolute Gasteiger partial charge is 0.227 e. The maximum Gasteiger partial charge on any atom is 0.227 e. The Morgan fingerprint density at radius 2 is 1.09 bits per heavy atom. The Kier molecular flexibility index (Phi) is 8.50. The number of carbonyl (C=O) groups is 2. The van der Waals surface area contributed by atoms with E-state index in [1.807, 2.05) is 40.1 Å². The highest BCUT2D eigenvalue weighted by Gasteiger charge is 2.24. The van der Waals surface area contributed by atoms with Crippen LogP contribution in [0.3, 0.4) is 0 Å². The van der Waals surface area contributed by atoms with Crippen LogP contribution in [0.25, 0.3) is 0 Å². The highest BCUT2D eigenvalue weighted by atomic mass is 16.2. The molecule has 0 saturated carbocycles. The topological polar surface area (TPSA) is 40.6 Å². The maximum atomic E-state index is 12.8. The van der Waals surface area contributed by atoms with Crippen molar-refractivity contribution in [1.82, 2.24) is 9.80 Å². The SMILES string of the molecule is O=C(CCCCC(c1ccccc1)c1ccccc1)N1CCN(C(=O)Cc2ccccc2)CC1. The van der Waals surface area contributed by atoms with Crippen LogP contribution in [-0.2, 0) is 16.0 Å². The van der Waals surface area contributed by atoms with Gasteiger partial charge in [-0.1, -0.05) is 97.4 Å². The Hall–Kier alpha value is -3.40. The first-order chi connectivity index (χ1) is 16.7. The minimum Gasteiger partial charge on any atom is -0.339 e. The lowest BCUT2D eigenvalue weighted by atomic mass is 9.87. The molecule has 1 aliphatic rings. The predicted molar refractivity (Wildman–Crippen MR) is 137 cm³/mol. The normalized spacial score (nSPS) is 13.8. The monoisotopic (exact) mass is 454 g/mol. The summed E-state index contributed by atoms with van der Waals surface area (Å²) in [4.78, 5) is 29.2. The quantitative estimate of drug-likeness (QED) is 0.412. The van der Waals surface area contributed by atoms with Crippen molar-refractivity contribution in [2.75, 3.05) is 26.2 Å². The molecule has 34 heavy (non-hydrogen) atoms. The standard InChI is InChI=1S/C30H34N2O2/c33-29(31-20-22-32(23-21-31)30(34)24-25-12-4-1-5-13-25)19-11-10-18-28(26-14-6-2-7-15-26)27-16-8-3-9-17-27/h1-9,12-17,28H,10-11,18-24H2. The van der Waals surface area contributed by atoms with Gasteiger partial charge >= 0.3 is 0 Å². The summed E-state index contributed by atoms with van der Waals surface area (Å²) in [5.74, 6) is 0.717. The second-order valence-corrected chi connectivity index (χ2v) is 9.04. The molecule has 3 aromatic rings. The lowest BCUT2D eigenvalue weighted by Gasteiger charge is -2.35. The van der Waals surface area contributed by atoms with E-state index in [-0.39, 0.29) is 11.8 Å². The third-order valence-corrected chi connectivity index (χ3v) is 6.72. The van der Waals surface area contributed by atoms with E-state index >= 15 is 0 Å². The number of amides is 2. The molecule has 0 aromatic heterocycles. The average molecular weight is 455 g/mol. The Morgan fingerprint density at radius 3 is 1.62 bits per heavy atom. The van der Waals surface area contributed by atoms with E-state index in [9.17, 15) is 9.59 Å². The molecular formula is C30H34N2O2. The van der Waals surface area contributed by atoms with Crippen molar-refractivity contribution in [3.63, 3.8) is 0 Å². The van der Waals surface area contributed by atoms with Gasteiger partial charge in [0.25, 0.3) is 0 Å². The van der Waals surface area contributed by atoms with Crippen molar-refractivity contribution in [1.29, 1.82) is 0 Å². The van der Waals surface area contributed by atoms with Gasteiger partial charge < -0.3 is 9.80 Å². The summed E-state index contributed by atoms with van der Waals surface area (Å²) in [5, 5.41) is 0. The van der Waals surface area contributed by atoms with Gasteiger partial charge in [0.1, 0.15) is 0 Å². The second-order valence-electron chi connectivity index (χ2n) is 9.04. The molecule has 0 N–H and O–H groups in total. The van der Waals surface area contributed by atoms with Gasteiger partial charge in [0.15, 0.2) is 0 Å². The molecule has 0 aliphatic carbocycles. The van der Waals surface area contributed by atoms with Crippen molar-refractivity contribution in [2.24, 2.45) is 0 Å². The Balaban J connectivity index is 1.21. The fourth-order valence-corrected chi connectivity index (χ4v) is 4.77. The molecule has 0 spiro atoms. The molecule has 1 fully saturated rings. The maximum absolute atomic E-state index is 12.8. The van der Waals surface area contributed by atoms with Gasteiger partial charge in [-0.2, -0.15) is 0 Å². The summed E-state index contributed by atoms with van der Waals surface area (Å²) in [6, 6.07) is 31.1. The number of hydrogen-bond donors (Lipinski definition) is 0. The summed E-state index contributed by atoms with van der Waals surface area (Å²) in [6.45, 7) is 2.52. The van der Waals surface area contributed by atoms with Gasteiger partial charge in [-0.3, -0.25) is 9.59 Å². The van der Waals surface area contributed by atoms with Crippen molar-refractivity contribution in [2.45, 2.75) is 38.0 Å². The van der Waals surface area contributed by atoms with Crippen LogP contribution in [0.15, 0.2) is 91.0 Å². The molecule has 1 saturated heterocycles. The summed E-state index contributed by atoms with van der Waals surface area (Å²) >= 11 is 0. The molecule has 0 bridgehead atoms. The first kappa shape index (κ1) is 23.7. The summed E-state index contributed by atoms with van der Waals surface area (Å²) in [7, 11) is 0. The molecule has 4 nitrogen and oxygen atoms in total. The molecule has 176 valence electrons. The minimum atomic E-state index is 0.145. The van der Waals surface area contributed by atoms with Crippen molar-refractivity contribution in [3.05, 3.63) is 108 Å². The zero-order valence-electron chi connectivity index (χ0n) is 19.8. The second kappa shape index (κ2) is 12.2. The molecule has 3 aromatic carbocycles. The van der Waals surface area contributed by atoms with Crippen LogP contribution in [0, 0.1) is 0 Å². The highest BCUT2D eigenvalue weighted by molar-refractivity contribution is 5.80. The number of piperazine rings is 1. The number of benzene rings is 3.